The predicted octanol–water partition coefficient (Wildman–Crippen LogP) is 3.34. The summed E-state index contributed by atoms with van der Waals surface area (Å²) in [5.74, 6) is 0. The lowest BCUT2D eigenvalue weighted by Gasteiger charge is -1.93. The minimum absolute atomic E-state index is 0. The van der Waals surface area contributed by atoms with E-state index in [9.17, 15) is 0 Å². The van der Waals surface area contributed by atoms with Gasteiger partial charge >= 0.3 is 0 Å². The van der Waals surface area contributed by atoms with Crippen LogP contribution in [0.2, 0.25) is 0 Å². The van der Waals surface area contributed by atoms with Crippen LogP contribution in [0.25, 0.3) is 10.9 Å². The fraction of sp³-hybridized carbons (Fsp3) is 0.273. The second kappa shape index (κ2) is 2.37. The lowest BCUT2D eigenvalue weighted by atomic mass is 10.1. The van der Waals surface area contributed by atoms with Gasteiger partial charge in [-0.15, -0.1) is 0 Å². The van der Waals surface area contributed by atoms with Gasteiger partial charge in [0.1, 0.15) is 0 Å². The number of H-pyrrole nitrogens is 1. The fourth-order valence-corrected chi connectivity index (χ4v) is 1.58. The number of hydrogen-bond donors (Lipinski definition) is 1. The average Bonchev–Trinajstić information content (AvgIpc) is 2.31. The van der Waals surface area contributed by atoms with Gasteiger partial charge in [0.05, 0.1) is 0 Å². The third-order valence-corrected chi connectivity index (χ3v) is 2.46. The standard InChI is InChI=1S/C11H13N.H2/c1-7-4-5-11-10(6-7)8(2)9(3)12-11;/h4-6,12H,1-3H3;1H. The van der Waals surface area contributed by atoms with E-state index in [0.717, 1.165) is 0 Å². The summed E-state index contributed by atoms with van der Waals surface area (Å²) in [5.41, 5.74) is 5.21. The van der Waals surface area contributed by atoms with Crippen molar-refractivity contribution in [2.75, 3.05) is 0 Å². The maximum Gasteiger partial charge on any atom is 0.0458 e. The zero-order valence-electron chi connectivity index (χ0n) is 7.73. The molecule has 0 bridgehead atoms. The molecule has 12 heavy (non-hydrogen) atoms. The monoisotopic (exact) mass is 161 g/mol. The van der Waals surface area contributed by atoms with E-state index >= 15 is 0 Å². The molecule has 1 heteroatoms. The summed E-state index contributed by atoms with van der Waals surface area (Å²) < 4.78 is 0. The minimum Gasteiger partial charge on any atom is -0.358 e. The summed E-state index contributed by atoms with van der Waals surface area (Å²) in [4.78, 5) is 3.35. The normalized spacial score (nSPS) is 10.9. The van der Waals surface area contributed by atoms with Gasteiger partial charge < -0.3 is 4.98 Å². The smallest absolute Gasteiger partial charge is 0.0458 e. The van der Waals surface area contributed by atoms with Gasteiger partial charge in [0, 0.05) is 18.0 Å². The molecule has 0 radical (unpaired) electrons. The first-order chi connectivity index (χ1) is 5.68. The van der Waals surface area contributed by atoms with E-state index in [4.69, 9.17) is 0 Å². The maximum atomic E-state index is 3.35. The molecule has 0 saturated heterocycles. The molecule has 0 fully saturated rings. The molecule has 1 N–H and O–H groups in total. The zero-order chi connectivity index (χ0) is 8.72. The highest BCUT2D eigenvalue weighted by Crippen LogP contribution is 2.21. The first-order valence-electron chi connectivity index (χ1n) is 4.24. The van der Waals surface area contributed by atoms with Crippen LogP contribution in [0.1, 0.15) is 18.2 Å². The van der Waals surface area contributed by atoms with Crippen LogP contribution in [-0.2, 0) is 0 Å². The van der Waals surface area contributed by atoms with Gasteiger partial charge in [-0.3, -0.25) is 0 Å². The van der Waals surface area contributed by atoms with Crippen LogP contribution in [0.15, 0.2) is 18.2 Å². The van der Waals surface area contributed by atoms with E-state index in [2.05, 4.69) is 44.0 Å². The number of hydrogen-bond acceptors (Lipinski definition) is 0. The molecule has 2 rings (SSSR count). The van der Waals surface area contributed by atoms with Crippen LogP contribution in [0.3, 0.4) is 0 Å². The molecule has 0 aliphatic heterocycles. The molecule has 0 atom stereocenters. The van der Waals surface area contributed by atoms with Crippen molar-refractivity contribution in [1.82, 2.24) is 4.98 Å². The topological polar surface area (TPSA) is 15.8 Å². The highest BCUT2D eigenvalue weighted by molar-refractivity contribution is 5.84. The fourth-order valence-electron chi connectivity index (χ4n) is 1.58. The molecular weight excluding hydrogens is 146 g/mol. The number of fused-ring (bicyclic) bond motifs is 1. The Morgan fingerprint density at radius 2 is 1.92 bits per heavy atom. The molecule has 1 heterocycles. The molecule has 1 aromatic carbocycles. The van der Waals surface area contributed by atoms with Gasteiger partial charge in [-0.05, 0) is 38.5 Å². The second-order valence-electron chi connectivity index (χ2n) is 3.42. The third-order valence-electron chi connectivity index (χ3n) is 2.46. The molecule has 0 spiro atoms. The average molecular weight is 161 g/mol. The molecule has 64 valence electrons. The number of aryl methyl sites for hydroxylation is 3. The molecule has 0 amide bonds. The summed E-state index contributed by atoms with van der Waals surface area (Å²) in [5, 5.41) is 1.35. The van der Waals surface area contributed by atoms with Crippen molar-refractivity contribution in [1.29, 1.82) is 0 Å². The largest absolute Gasteiger partial charge is 0.358 e. The number of rotatable bonds is 0. The molecular formula is C11H15N. The van der Waals surface area contributed by atoms with Crippen molar-refractivity contribution >= 4 is 10.9 Å². The lowest BCUT2D eigenvalue weighted by molar-refractivity contribution is 1.25. The van der Waals surface area contributed by atoms with E-state index in [0.29, 0.717) is 0 Å². The molecule has 1 nitrogen and oxygen atoms in total. The quantitative estimate of drug-likeness (QED) is 0.610. The van der Waals surface area contributed by atoms with E-state index in [1.807, 2.05) is 0 Å². The lowest BCUT2D eigenvalue weighted by Crippen LogP contribution is -1.72. The van der Waals surface area contributed by atoms with Crippen molar-refractivity contribution < 1.29 is 1.43 Å². The summed E-state index contributed by atoms with van der Waals surface area (Å²) >= 11 is 0. The highest BCUT2D eigenvalue weighted by atomic mass is 14.7. The van der Waals surface area contributed by atoms with Crippen LogP contribution in [0.4, 0.5) is 0 Å². The first-order valence-corrected chi connectivity index (χ1v) is 4.24. The number of aromatic amines is 1. The number of nitrogens with one attached hydrogen (secondary N) is 1. The maximum absolute atomic E-state index is 3.35. The highest BCUT2D eigenvalue weighted by Gasteiger charge is 2.02. The first kappa shape index (κ1) is 7.41. The number of benzene rings is 1. The third kappa shape index (κ3) is 0.934. The van der Waals surface area contributed by atoms with Crippen LogP contribution >= 0.6 is 0 Å². The molecule has 0 saturated carbocycles. The van der Waals surface area contributed by atoms with E-state index in [1.54, 1.807) is 0 Å². The van der Waals surface area contributed by atoms with E-state index in [-0.39, 0.29) is 1.43 Å². The van der Waals surface area contributed by atoms with Gasteiger partial charge in [0.2, 0.25) is 0 Å². The van der Waals surface area contributed by atoms with E-state index in [1.165, 1.54) is 27.7 Å². The Balaban J connectivity index is 0.000000845. The van der Waals surface area contributed by atoms with E-state index < -0.39 is 0 Å². The van der Waals surface area contributed by atoms with Crippen LogP contribution in [-0.4, -0.2) is 4.98 Å². The molecule has 1 aromatic heterocycles. The van der Waals surface area contributed by atoms with Gasteiger partial charge in [-0.25, -0.2) is 0 Å². The van der Waals surface area contributed by atoms with Crippen molar-refractivity contribution in [2.45, 2.75) is 20.8 Å². The second-order valence-corrected chi connectivity index (χ2v) is 3.42. The van der Waals surface area contributed by atoms with Crippen LogP contribution in [0.5, 0.6) is 0 Å². The SMILES string of the molecule is Cc1ccc2[nH]c(C)c(C)c2c1.[HH]. The Morgan fingerprint density at radius 1 is 1.17 bits per heavy atom. The van der Waals surface area contributed by atoms with Crippen molar-refractivity contribution in [3.05, 3.63) is 35.0 Å². The Hall–Kier alpha value is -1.24. The molecule has 2 aromatic rings. The van der Waals surface area contributed by atoms with Gasteiger partial charge in [0.15, 0.2) is 0 Å². The Labute approximate surface area is 73.9 Å². The van der Waals surface area contributed by atoms with Gasteiger partial charge in [-0.1, -0.05) is 11.6 Å². The minimum atomic E-state index is 0. The Kier molecular flexibility index (Phi) is 1.47. The van der Waals surface area contributed by atoms with Crippen LogP contribution < -0.4 is 0 Å². The van der Waals surface area contributed by atoms with Crippen molar-refractivity contribution in [3.8, 4) is 0 Å². The van der Waals surface area contributed by atoms with Gasteiger partial charge in [-0.2, -0.15) is 0 Å². The Bertz CT molecular complexity index is 429. The predicted molar refractivity (Wildman–Crippen MR) is 54.6 cm³/mol. The molecule has 0 unspecified atom stereocenters. The summed E-state index contributed by atoms with van der Waals surface area (Å²) in [6.07, 6.45) is 0. The van der Waals surface area contributed by atoms with Crippen molar-refractivity contribution in [2.24, 2.45) is 0 Å². The molecule has 0 aliphatic carbocycles. The summed E-state index contributed by atoms with van der Waals surface area (Å²) in [6.45, 7) is 6.40. The van der Waals surface area contributed by atoms with Crippen molar-refractivity contribution in [3.63, 3.8) is 0 Å². The zero-order valence-corrected chi connectivity index (χ0v) is 7.73. The Morgan fingerprint density at radius 3 is 2.67 bits per heavy atom. The molecule has 0 aliphatic rings. The summed E-state index contributed by atoms with van der Waals surface area (Å²) in [7, 11) is 0. The summed E-state index contributed by atoms with van der Waals surface area (Å²) in [6, 6.07) is 6.51. The van der Waals surface area contributed by atoms with Gasteiger partial charge in [0.25, 0.3) is 0 Å². The number of aromatic nitrogens is 1. The van der Waals surface area contributed by atoms with Crippen LogP contribution in [0, 0.1) is 20.8 Å².